The fraction of sp³-hybridized carbons (Fsp3) is 0.647. The van der Waals surface area contributed by atoms with E-state index in [9.17, 15) is 0 Å². The van der Waals surface area contributed by atoms with Gasteiger partial charge in [0.05, 0.1) is 6.61 Å². The molecule has 112 valence electrons. The van der Waals surface area contributed by atoms with Gasteiger partial charge in [0, 0.05) is 22.6 Å². The van der Waals surface area contributed by atoms with Crippen molar-refractivity contribution in [1.29, 1.82) is 0 Å². The Morgan fingerprint density at radius 2 is 1.85 bits per heavy atom. The number of hydrogen-bond donors (Lipinski definition) is 1. The van der Waals surface area contributed by atoms with Gasteiger partial charge in [-0.05, 0) is 38.0 Å². The van der Waals surface area contributed by atoms with Gasteiger partial charge in [-0.3, -0.25) is 0 Å². The van der Waals surface area contributed by atoms with Gasteiger partial charge in [0.1, 0.15) is 5.75 Å². The molecule has 0 unspecified atom stereocenters. The molecule has 1 fully saturated rings. The third kappa shape index (κ3) is 5.10. The molecular weight excluding hydrogens is 314 g/mol. The Kier molecular flexibility index (Phi) is 6.88. The highest BCUT2D eigenvalue weighted by Gasteiger charge is 2.12. The molecule has 0 atom stereocenters. The molecule has 0 bridgehead atoms. The van der Waals surface area contributed by atoms with Crippen LogP contribution in [0.1, 0.15) is 57.4 Å². The highest BCUT2D eigenvalue weighted by molar-refractivity contribution is 9.10. The van der Waals surface area contributed by atoms with E-state index in [2.05, 4.69) is 33.4 Å². The molecule has 1 aliphatic carbocycles. The Labute approximate surface area is 131 Å². The lowest BCUT2D eigenvalue weighted by Gasteiger charge is -2.22. The first-order valence-electron chi connectivity index (χ1n) is 7.94. The summed E-state index contributed by atoms with van der Waals surface area (Å²) in [6.07, 6.45) is 9.60. The minimum absolute atomic E-state index is 0.670. The van der Waals surface area contributed by atoms with E-state index in [-0.39, 0.29) is 0 Å². The minimum Gasteiger partial charge on any atom is -0.494 e. The van der Waals surface area contributed by atoms with Crippen molar-refractivity contribution in [2.45, 2.75) is 64.5 Å². The van der Waals surface area contributed by atoms with Gasteiger partial charge >= 0.3 is 0 Å². The summed E-state index contributed by atoms with van der Waals surface area (Å²) in [6.45, 7) is 3.66. The van der Waals surface area contributed by atoms with Gasteiger partial charge in [-0.25, -0.2) is 0 Å². The van der Waals surface area contributed by atoms with Crippen LogP contribution in [-0.2, 0) is 6.54 Å². The van der Waals surface area contributed by atoms with Gasteiger partial charge in [0.2, 0.25) is 0 Å². The molecule has 1 aromatic carbocycles. The summed E-state index contributed by atoms with van der Waals surface area (Å²) in [5.41, 5.74) is 1.25. The highest BCUT2D eigenvalue weighted by Crippen LogP contribution is 2.24. The van der Waals surface area contributed by atoms with Gasteiger partial charge in [-0.1, -0.05) is 48.0 Å². The van der Waals surface area contributed by atoms with Crippen LogP contribution in [0.5, 0.6) is 5.75 Å². The van der Waals surface area contributed by atoms with Crippen molar-refractivity contribution >= 4 is 15.9 Å². The quantitative estimate of drug-likeness (QED) is 0.810. The number of benzene rings is 1. The predicted octanol–water partition coefficient (Wildman–Crippen LogP) is 5.05. The second-order valence-electron chi connectivity index (χ2n) is 5.61. The molecule has 0 saturated heterocycles. The normalized spacial score (nSPS) is 17.5. The number of ether oxygens (including phenoxy) is 1. The molecule has 1 aliphatic rings. The Hall–Kier alpha value is -0.540. The minimum atomic E-state index is 0.670. The fourth-order valence-corrected chi connectivity index (χ4v) is 3.31. The standard InChI is InChI=1S/C17H26BrNO/c1-2-20-17-11-10-15(18)12-14(17)13-19-16-8-6-4-3-5-7-9-16/h10-12,16,19H,2-9,13H2,1H3. The van der Waals surface area contributed by atoms with Crippen LogP contribution in [-0.4, -0.2) is 12.6 Å². The van der Waals surface area contributed by atoms with Gasteiger partial charge < -0.3 is 10.1 Å². The molecule has 0 aliphatic heterocycles. The molecule has 0 spiro atoms. The van der Waals surface area contributed by atoms with E-state index in [1.807, 2.05) is 13.0 Å². The van der Waals surface area contributed by atoms with Crippen LogP contribution in [0.2, 0.25) is 0 Å². The Morgan fingerprint density at radius 1 is 1.15 bits per heavy atom. The number of halogens is 1. The van der Waals surface area contributed by atoms with E-state index in [0.717, 1.165) is 23.4 Å². The average Bonchev–Trinajstić information content (AvgIpc) is 2.40. The van der Waals surface area contributed by atoms with Crippen molar-refractivity contribution in [3.05, 3.63) is 28.2 Å². The monoisotopic (exact) mass is 339 g/mol. The van der Waals surface area contributed by atoms with Crippen molar-refractivity contribution < 1.29 is 4.74 Å². The first kappa shape index (κ1) is 15.8. The second kappa shape index (κ2) is 8.68. The van der Waals surface area contributed by atoms with Crippen LogP contribution in [0.15, 0.2) is 22.7 Å². The maximum absolute atomic E-state index is 5.72. The van der Waals surface area contributed by atoms with Gasteiger partial charge in [0.25, 0.3) is 0 Å². The number of hydrogen-bond acceptors (Lipinski definition) is 2. The van der Waals surface area contributed by atoms with Crippen LogP contribution < -0.4 is 10.1 Å². The largest absolute Gasteiger partial charge is 0.494 e. The van der Waals surface area contributed by atoms with Crippen LogP contribution in [0.3, 0.4) is 0 Å². The van der Waals surface area contributed by atoms with Crippen LogP contribution in [0.4, 0.5) is 0 Å². The molecule has 1 saturated carbocycles. The molecule has 0 heterocycles. The van der Waals surface area contributed by atoms with Gasteiger partial charge in [0.15, 0.2) is 0 Å². The Morgan fingerprint density at radius 3 is 2.55 bits per heavy atom. The zero-order chi connectivity index (χ0) is 14.2. The SMILES string of the molecule is CCOc1ccc(Br)cc1CNC1CCCCCCC1. The number of rotatable bonds is 5. The third-order valence-electron chi connectivity index (χ3n) is 4.01. The molecule has 0 radical (unpaired) electrons. The fourth-order valence-electron chi connectivity index (χ4n) is 2.90. The van der Waals surface area contributed by atoms with Crippen molar-refractivity contribution in [2.24, 2.45) is 0 Å². The lowest BCUT2D eigenvalue weighted by molar-refractivity contribution is 0.332. The predicted molar refractivity (Wildman–Crippen MR) is 88.3 cm³/mol. The highest BCUT2D eigenvalue weighted by atomic mass is 79.9. The molecule has 1 aromatic rings. The number of nitrogens with one attached hydrogen (secondary N) is 1. The summed E-state index contributed by atoms with van der Waals surface area (Å²) in [5, 5.41) is 3.73. The smallest absolute Gasteiger partial charge is 0.123 e. The maximum atomic E-state index is 5.72. The van der Waals surface area contributed by atoms with Crippen LogP contribution >= 0.6 is 15.9 Å². The van der Waals surface area contributed by atoms with Crippen LogP contribution in [0, 0.1) is 0 Å². The Bertz CT molecular complexity index is 400. The van der Waals surface area contributed by atoms with Crippen molar-refractivity contribution in [1.82, 2.24) is 5.32 Å². The lowest BCUT2D eigenvalue weighted by Crippen LogP contribution is -2.29. The molecular formula is C17H26BrNO. The summed E-state index contributed by atoms with van der Waals surface area (Å²) in [6, 6.07) is 6.94. The third-order valence-corrected chi connectivity index (χ3v) is 4.50. The summed E-state index contributed by atoms with van der Waals surface area (Å²) in [7, 11) is 0. The molecule has 2 rings (SSSR count). The maximum Gasteiger partial charge on any atom is 0.123 e. The Balaban J connectivity index is 1.92. The van der Waals surface area contributed by atoms with Gasteiger partial charge in [-0.15, -0.1) is 0 Å². The van der Waals surface area contributed by atoms with E-state index in [1.54, 1.807) is 0 Å². The van der Waals surface area contributed by atoms with E-state index in [1.165, 1.54) is 50.5 Å². The lowest BCUT2D eigenvalue weighted by atomic mass is 9.96. The van der Waals surface area contributed by atoms with Crippen LogP contribution in [0.25, 0.3) is 0 Å². The van der Waals surface area contributed by atoms with E-state index in [4.69, 9.17) is 4.74 Å². The van der Waals surface area contributed by atoms with Crippen molar-refractivity contribution in [3.63, 3.8) is 0 Å². The first-order valence-corrected chi connectivity index (χ1v) is 8.73. The second-order valence-corrected chi connectivity index (χ2v) is 6.52. The summed E-state index contributed by atoms with van der Waals surface area (Å²) < 4.78 is 6.84. The topological polar surface area (TPSA) is 21.3 Å². The molecule has 20 heavy (non-hydrogen) atoms. The zero-order valence-electron chi connectivity index (χ0n) is 12.5. The van der Waals surface area contributed by atoms with Crippen molar-refractivity contribution in [3.8, 4) is 5.75 Å². The van der Waals surface area contributed by atoms with Crippen molar-refractivity contribution in [2.75, 3.05) is 6.61 Å². The van der Waals surface area contributed by atoms with E-state index >= 15 is 0 Å². The summed E-state index contributed by atoms with van der Waals surface area (Å²) in [5.74, 6) is 1.01. The molecule has 0 aromatic heterocycles. The average molecular weight is 340 g/mol. The molecule has 2 nitrogen and oxygen atoms in total. The summed E-state index contributed by atoms with van der Waals surface area (Å²) >= 11 is 3.55. The first-order chi connectivity index (χ1) is 9.79. The van der Waals surface area contributed by atoms with Gasteiger partial charge in [-0.2, -0.15) is 0 Å². The molecule has 3 heteroatoms. The summed E-state index contributed by atoms with van der Waals surface area (Å²) in [4.78, 5) is 0. The molecule has 0 amide bonds. The zero-order valence-corrected chi connectivity index (χ0v) is 14.0. The molecule has 1 N–H and O–H groups in total. The van der Waals surface area contributed by atoms with E-state index < -0.39 is 0 Å². The van der Waals surface area contributed by atoms with E-state index in [0.29, 0.717) is 6.04 Å².